The molecule has 0 aromatic heterocycles. The first-order valence-corrected chi connectivity index (χ1v) is 23.2. The quantitative estimate of drug-likeness (QED) is 0.0984. The van der Waals surface area contributed by atoms with Gasteiger partial charge in [0, 0.05) is 41.2 Å². The number of hydrogen-bond donors (Lipinski definition) is 1. The lowest BCUT2D eigenvalue weighted by Crippen LogP contribution is -2.48. The van der Waals surface area contributed by atoms with Gasteiger partial charge in [0.1, 0.15) is 0 Å². The van der Waals surface area contributed by atoms with Crippen molar-refractivity contribution in [2.45, 2.75) is 96.3 Å². The lowest BCUT2D eigenvalue weighted by Gasteiger charge is -2.37. The number of halogens is 1. The molecule has 8 rings (SSSR count). The second-order valence-electron chi connectivity index (χ2n) is 17.1. The zero-order valence-corrected chi connectivity index (χ0v) is 34.7. The minimum absolute atomic E-state index is 0.122. The van der Waals surface area contributed by atoms with E-state index in [2.05, 4.69) is 32.9 Å². The Morgan fingerprint density at radius 2 is 1.70 bits per heavy atom. The van der Waals surface area contributed by atoms with Gasteiger partial charge >= 0.3 is 0 Å². The van der Waals surface area contributed by atoms with Crippen molar-refractivity contribution in [3.63, 3.8) is 0 Å². The van der Waals surface area contributed by atoms with Crippen LogP contribution in [-0.2, 0) is 32.9 Å². The van der Waals surface area contributed by atoms with Crippen molar-refractivity contribution < 1.29 is 28.3 Å². The van der Waals surface area contributed by atoms with Crippen LogP contribution < -0.4 is 9.80 Å². The second kappa shape index (κ2) is 14.8. The van der Waals surface area contributed by atoms with Crippen molar-refractivity contribution in [2.24, 2.45) is 5.92 Å². The normalized spacial score (nSPS) is 24.1. The van der Waals surface area contributed by atoms with E-state index in [1.54, 1.807) is 27.8 Å². The number of anilines is 3. The van der Waals surface area contributed by atoms with E-state index in [1.807, 2.05) is 85.8 Å². The van der Waals surface area contributed by atoms with Gasteiger partial charge in [0.15, 0.2) is 5.60 Å². The number of hydrogen-bond acceptors (Lipinski definition) is 5. The molecule has 4 aromatic rings. The Morgan fingerprint density at radius 3 is 2.42 bits per heavy atom. The molecular formula is C47H52FN3O5Si. The van der Waals surface area contributed by atoms with E-state index in [-0.39, 0.29) is 30.7 Å². The van der Waals surface area contributed by atoms with E-state index in [0.717, 1.165) is 46.0 Å². The van der Waals surface area contributed by atoms with Crippen LogP contribution in [0, 0.1) is 5.92 Å². The molecule has 5 atom stereocenters. The van der Waals surface area contributed by atoms with Crippen LogP contribution in [0.15, 0.2) is 102 Å². The summed E-state index contributed by atoms with van der Waals surface area (Å²) in [7, 11) is -3.60. The van der Waals surface area contributed by atoms with E-state index in [9.17, 15) is 14.7 Å². The topological polar surface area (TPSA) is 90.4 Å². The highest BCUT2D eigenvalue weighted by molar-refractivity contribution is 6.72. The fraction of sp³-hybridized carbons (Fsp3) is 0.383. The van der Waals surface area contributed by atoms with Crippen LogP contribution in [0.3, 0.4) is 0 Å². The van der Waals surface area contributed by atoms with E-state index >= 15 is 8.90 Å². The Bertz CT molecular complexity index is 2340. The number of benzene rings is 4. The Hall–Kier alpha value is -4.90. The number of ether oxygens (including phenoxy) is 1. The zero-order chi connectivity index (χ0) is 40.4. The van der Waals surface area contributed by atoms with Crippen LogP contribution in [0.1, 0.15) is 74.0 Å². The van der Waals surface area contributed by atoms with Gasteiger partial charge in [-0.2, -0.15) is 0 Å². The average Bonchev–Trinajstić information content (AvgIpc) is 3.73. The van der Waals surface area contributed by atoms with Crippen LogP contribution in [0.5, 0.6) is 0 Å². The van der Waals surface area contributed by atoms with E-state index in [4.69, 9.17) is 4.74 Å². The fourth-order valence-corrected chi connectivity index (χ4v) is 12.5. The van der Waals surface area contributed by atoms with Crippen LogP contribution in [-0.4, -0.2) is 61.4 Å². The van der Waals surface area contributed by atoms with Crippen molar-refractivity contribution in [1.29, 1.82) is 0 Å². The van der Waals surface area contributed by atoms with Crippen LogP contribution >= 0.6 is 0 Å². The molecule has 4 aliphatic heterocycles. The van der Waals surface area contributed by atoms with Crippen molar-refractivity contribution >= 4 is 54.0 Å². The third-order valence-electron chi connectivity index (χ3n) is 12.7. The van der Waals surface area contributed by atoms with E-state index < -0.39 is 37.6 Å². The number of allylic oxidation sites excluding steroid dienone is 3. The molecule has 57 heavy (non-hydrogen) atoms. The predicted octanol–water partition coefficient (Wildman–Crippen LogP) is 9.28. The summed E-state index contributed by atoms with van der Waals surface area (Å²) in [4.78, 5) is 48.8. The lowest BCUT2D eigenvalue weighted by atomic mass is 9.82. The Labute approximate surface area is 335 Å². The number of carbonyl (C=O) groups is 3. The molecule has 4 heterocycles. The minimum Gasteiger partial charge on any atom is -0.394 e. The van der Waals surface area contributed by atoms with Crippen LogP contribution in [0.25, 0.3) is 10.8 Å². The smallest absolute Gasteiger partial charge is 0.264 e. The monoisotopic (exact) mass is 785 g/mol. The standard InChI is InChI=1S/C47H52FN3O5Si/c1-29(2)12-9-13-30(3)22-23-49-39-21-20-35(51-40-19-11-17-32-16-10-18-37(43(32)40)45(51)54)25-38(39)47(46(49)55)31(4)44(57(5,6)48)41(56-47)26-42(53)50-27-34-15-8-7-14-33(34)24-36(50)28-52/h7-8,10-12,14-22,25,31,36,41,44,52H,9,13,23-24,26-28H2,1-6H3/b30-22+/t31-,36-,41+,44-,47+/m0/s1. The van der Waals surface area contributed by atoms with Gasteiger partial charge in [-0.25, -0.2) is 0 Å². The van der Waals surface area contributed by atoms with Crippen molar-refractivity contribution in [3.8, 4) is 0 Å². The van der Waals surface area contributed by atoms with Gasteiger partial charge in [0.25, 0.3) is 11.8 Å². The molecule has 0 aliphatic carbocycles. The number of fused-ring (bicyclic) bond motifs is 3. The lowest BCUT2D eigenvalue weighted by molar-refractivity contribution is -0.150. The van der Waals surface area contributed by atoms with Crippen molar-refractivity contribution in [3.05, 3.63) is 124 Å². The maximum Gasteiger partial charge on any atom is 0.264 e. The summed E-state index contributed by atoms with van der Waals surface area (Å²) < 4.78 is 23.9. The Morgan fingerprint density at radius 1 is 0.965 bits per heavy atom. The average molecular weight is 786 g/mol. The molecule has 3 amide bonds. The number of rotatable bonds is 10. The van der Waals surface area contributed by atoms with Gasteiger partial charge < -0.3 is 23.8 Å². The second-order valence-corrected chi connectivity index (χ2v) is 20.9. The maximum absolute atomic E-state index is 16.9. The molecule has 0 saturated carbocycles. The molecule has 0 unspecified atom stereocenters. The zero-order valence-electron chi connectivity index (χ0n) is 33.7. The molecular weight excluding hydrogens is 734 g/mol. The van der Waals surface area contributed by atoms with E-state index in [1.165, 1.54) is 5.57 Å². The summed E-state index contributed by atoms with van der Waals surface area (Å²) in [6, 6.07) is 24.7. The Balaban J connectivity index is 1.20. The summed E-state index contributed by atoms with van der Waals surface area (Å²) in [6.07, 6.45) is 5.54. The molecule has 1 spiro atoms. The van der Waals surface area contributed by atoms with Gasteiger partial charge in [-0.05, 0) is 100.0 Å². The summed E-state index contributed by atoms with van der Waals surface area (Å²) in [5.74, 6) is -1.30. The molecule has 0 bridgehead atoms. The van der Waals surface area contributed by atoms with Crippen molar-refractivity contribution in [1.82, 2.24) is 4.90 Å². The van der Waals surface area contributed by atoms with Gasteiger partial charge in [0.2, 0.25) is 14.3 Å². The first-order valence-electron chi connectivity index (χ1n) is 20.2. The molecule has 4 aromatic carbocycles. The minimum atomic E-state index is -3.60. The highest BCUT2D eigenvalue weighted by Gasteiger charge is 2.67. The Kier molecular flexibility index (Phi) is 10.1. The first kappa shape index (κ1) is 38.9. The van der Waals surface area contributed by atoms with Crippen LogP contribution in [0.2, 0.25) is 18.6 Å². The number of aliphatic hydroxyl groups is 1. The molecule has 4 aliphatic rings. The van der Waals surface area contributed by atoms with Crippen LogP contribution in [0.4, 0.5) is 21.2 Å². The van der Waals surface area contributed by atoms with Gasteiger partial charge in [-0.1, -0.05) is 78.8 Å². The largest absolute Gasteiger partial charge is 0.394 e. The fourth-order valence-electron chi connectivity index (χ4n) is 10.00. The summed E-state index contributed by atoms with van der Waals surface area (Å²) >= 11 is 0. The molecule has 296 valence electrons. The van der Waals surface area contributed by atoms with Gasteiger partial charge in [-0.15, -0.1) is 0 Å². The number of amides is 3. The van der Waals surface area contributed by atoms with Gasteiger partial charge in [-0.3, -0.25) is 19.3 Å². The molecule has 1 saturated heterocycles. The molecule has 1 fully saturated rings. The number of nitrogens with zero attached hydrogens (tertiary/aromatic N) is 3. The number of carbonyl (C=O) groups excluding carboxylic acids is 3. The highest BCUT2D eigenvalue weighted by Crippen LogP contribution is 2.61. The SMILES string of the molecule is CC(C)=CCC/C(C)=C/CN1C(=O)[C@]2(O[C@H](CC(=O)N3Cc4ccccc4C[C@H]3CO)[C@@H]([Si](C)(C)F)[C@@H]2C)c2cc(N3C(=O)c4cccc5cccc3c45)ccc21. The van der Waals surface area contributed by atoms with Crippen molar-refractivity contribution in [2.75, 3.05) is 23.0 Å². The third-order valence-corrected chi connectivity index (χ3v) is 15.2. The molecule has 10 heteroatoms. The van der Waals surface area contributed by atoms with Gasteiger partial charge in [0.05, 0.1) is 42.1 Å². The summed E-state index contributed by atoms with van der Waals surface area (Å²) in [5, 5.41) is 12.2. The molecule has 0 radical (unpaired) electrons. The number of aliphatic hydroxyl groups excluding tert-OH is 1. The summed E-state index contributed by atoms with van der Waals surface area (Å²) in [5.41, 5.74) is 5.44. The van der Waals surface area contributed by atoms with E-state index in [0.29, 0.717) is 42.0 Å². The predicted molar refractivity (Wildman–Crippen MR) is 226 cm³/mol. The highest BCUT2D eigenvalue weighted by atomic mass is 28.4. The maximum atomic E-state index is 16.9. The third kappa shape index (κ3) is 6.55. The molecule has 8 nitrogen and oxygen atoms in total. The molecule has 1 N–H and O–H groups in total. The summed E-state index contributed by atoms with van der Waals surface area (Å²) in [6.45, 7) is 11.8. The first-order chi connectivity index (χ1) is 27.2.